The van der Waals surface area contributed by atoms with Crippen LogP contribution in [-0.4, -0.2) is 64.9 Å². The van der Waals surface area contributed by atoms with Gasteiger partial charge in [0.2, 0.25) is 0 Å². The molecule has 1 aromatic carbocycles. The lowest BCUT2D eigenvalue weighted by Gasteiger charge is -2.33. The van der Waals surface area contributed by atoms with E-state index in [0.717, 1.165) is 57.5 Å². The molecule has 2 N–H and O–H groups in total. The van der Waals surface area contributed by atoms with Crippen LogP contribution < -0.4 is 15.4 Å². The Morgan fingerprint density at radius 3 is 2.42 bits per heavy atom. The van der Waals surface area contributed by atoms with Crippen LogP contribution in [0.25, 0.3) is 0 Å². The van der Waals surface area contributed by atoms with Crippen molar-refractivity contribution in [3.63, 3.8) is 0 Å². The van der Waals surface area contributed by atoms with E-state index >= 15 is 0 Å². The van der Waals surface area contributed by atoms with E-state index in [2.05, 4.69) is 44.8 Å². The maximum absolute atomic E-state index is 5.36. The Bertz CT molecular complexity index is 663. The molecule has 3 rings (SSSR count). The van der Waals surface area contributed by atoms with Crippen molar-refractivity contribution in [1.29, 1.82) is 0 Å². The van der Waals surface area contributed by atoms with Gasteiger partial charge in [-0.2, -0.15) is 0 Å². The molecule has 2 fully saturated rings. The van der Waals surface area contributed by atoms with Gasteiger partial charge in [-0.15, -0.1) is 0 Å². The number of likely N-dealkylation sites (tertiary alicyclic amines) is 1. The molecule has 0 amide bonds. The first-order valence-corrected chi connectivity index (χ1v) is 11.9. The highest BCUT2D eigenvalue weighted by molar-refractivity contribution is 5.79. The molecule has 0 bridgehead atoms. The normalized spacial score (nSPS) is 20.0. The summed E-state index contributed by atoms with van der Waals surface area (Å²) >= 11 is 0. The van der Waals surface area contributed by atoms with Crippen molar-refractivity contribution in [2.24, 2.45) is 16.3 Å². The van der Waals surface area contributed by atoms with Gasteiger partial charge >= 0.3 is 0 Å². The molecular weight excluding hydrogens is 388 g/mol. The molecule has 1 aromatic rings. The Balaban J connectivity index is 1.36. The summed E-state index contributed by atoms with van der Waals surface area (Å²) in [6.07, 6.45) is 8.88. The van der Waals surface area contributed by atoms with Crippen molar-refractivity contribution in [1.82, 2.24) is 15.5 Å². The third-order valence-corrected chi connectivity index (χ3v) is 7.19. The number of rotatable bonds is 10. The number of hydrogen-bond acceptors (Lipinski definition) is 4. The third-order valence-electron chi connectivity index (χ3n) is 7.19. The number of benzene rings is 1. The van der Waals surface area contributed by atoms with Crippen LogP contribution in [0.3, 0.4) is 0 Å². The summed E-state index contributed by atoms with van der Waals surface area (Å²) in [5.41, 5.74) is 1.73. The second-order valence-electron chi connectivity index (χ2n) is 9.32. The van der Waals surface area contributed by atoms with Crippen LogP contribution in [0.1, 0.15) is 50.5 Å². The van der Waals surface area contributed by atoms with Gasteiger partial charge in [0.1, 0.15) is 5.75 Å². The van der Waals surface area contributed by atoms with Crippen LogP contribution in [0.2, 0.25) is 0 Å². The lowest BCUT2D eigenvalue weighted by Crippen LogP contribution is -2.46. The summed E-state index contributed by atoms with van der Waals surface area (Å²) in [5.74, 6) is 2.58. The highest BCUT2D eigenvalue weighted by atomic mass is 16.5. The van der Waals surface area contributed by atoms with Crippen LogP contribution in [-0.2, 0) is 11.3 Å². The molecule has 6 nitrogen and oxygen atoms in total. The topological polar surface area (TPSA) is 58.1 Å². The number of piperidine rings is 1. The van der Waals surface area contributed by atoms with Crippen LogP contribution in [0.15, 0.2) is 29.3 Å². The van der Waals surface area contributed by atoms with Crippen molar-refractivity contribution >= 4 is 5.96 Å². The van der Waals surface area contributed by atoms with Gasteiger partial charge < -0.3 is 20.1 Å². The Morgan fingerprint density at radius 1 is 1.10 bits per heavy atom. The lowest BCUT2D eigenvalue weighted by atomic mass is 9.83. The first kappa shape index (κ1) is 23.9. The summed E-state index contributed by atoms with van der Waals surface area (Å²) in [5, 5.41) is 7.20. The van der Waals surface area contributed by atoms with Crippen molar-refractivity contribution < 1.29 is 9.47 Å². The molecule has 1 aliphatic heterocycles. The highest BCUT2D eigenvalue weighted by Crippen LogP contribution is 2.40. The Hall–Kier alpha value is -1.79. The van der Waals surface area contributed by atoms with Crippen LogP contribution in [0, 0.1) is 11.3 Å². The van der Waals surface area contributed by atoms with E-state index in [1.807, 2.05) is 7.05 Å². The van der Waals surface area contributed by atoms with E-state index in [4.69, 9.17) is 9.47 Å². The maximum atomic E-state index is 5.36. The predicted molar refractivity (Wildman–Crippen MR) is 128 cm³/mol. The molecule has 174 valence electrons. The number of methoxy groups -OCH3 is 2. The number of nitrogens with one attached hydrogen (secondary N) is 2. The molecule has 31 heavy (non-hydrogen) atoms. The average molecular weight is 431 g/mol. The maximum Gasteiger partial charge on any atom is 0.191 e. The van der Waals surface area contributed by atoms with Gasteiger partial charge in [0.15, 0.2) is 5.96 Å². The molecule has 0 radical (unpaired) electrons. The van der Waals surface area contributed by atoms with Gasteiger partial charge in [0.05, 0.1) is 7.11 Å². The third kappa shape index (κ3) is 7.39. The van der Waals surface area contributed by atoms with Gasteiger partial charge in [-0.25, -0.2) is 0 Å². The van der Waals surface area contributed by atoms with Crippen molar-refractivity contribution in [3.8, 4) is 5.75 Å². The van der Waals surface area contributed by atoms with Gasteiger partial charge in [-0.1, -0.05) is 25.0 Å². The largest absolute Gasteiger partial charge is 0.497 e. The zero-order valence-electron chi connectivity index (χ0n) is 19.8. The summed E-state index contributed by atoms with van der Waals surface area (Å²) in [6, 6.07) is 8.45. The average Bonchev–Trinajstić information content (AvgIpc) is 3.28. The van der Waals surface area contributed by atoms with E-state index < -0.39 is 0 Å². The van der Waals surface area contributed by atoms with Crippen LogP contribution in [0.5, 0.6) is 5.75 Å². The first-order chi connectivity index (χ1) is 15.2. The Morgan fingerprint density at radius 2 is 1.81 bits per heavy atom. The predicted octanol–water partition coefficient (Wildman–Crippen LogP) is 3.67. The SMILES string of the molecule is CN=C(NCC1CCN(Cc2ccc(OC)cc2)CC1)NCC1(CCOC)CCCC1. The quantitative estimate of drug-likeness (QED) is 0.438. The first-order valence-electron chi connectivity index (χ1n) is 11.9. The standard InChI is InChI=1S/C25H42N4O2/c1-26-24(28-20-25(14-17-30-2)12-4-5-13-25)27-18-21-10-15-29(16-11-21)19-22-6-8-23(31-3)9-7-22/h6-9,21H,4-5,10-20H2,1-3H3,(H2,26,27,28). The number of aliphatic imine (C=N–C) groups is 1. The smallest absolute Gasteiger partial charge is 0.191 e. The minimum atomic E-state index is 0.375. The van der Waals surface area contributed by atoms with Crippen LogP contribution >= 0.6 is 0 Å². The Labute approximate surface area is 188 Å². The monoisotopic (exact) mass is 430 g/mol. The zero-order valence-corrected chi connectivity index (χ0v) is 19.8. The van der Waals surface area contributed by atoms with Gasteiger partial charge in [-0.05, 0) is 74.2 Å². The molecule has 1 saturated heterocycles. The molecule has 1 aliphatic carbocycles. The van der Waals surface area contributed by atoms with E-state index in [-0.39, 0.29) is 0 Å². The molecular formula is C25H42N4O2. The molecule has 0 spiro atoms. The zero-order chi connectivity index (χ0) is 21.9. The van der Waals surface area contributed by atoms with E-state index in [1.165, 1.54) is 44.1 Å². The lowest BCUT2D eigenvalue weighted by molar-refractivity contribution is 0.138. The molecule has 0 unspecified atom stereocenters. The number of nitrogens with zero attached hydrogens (tertiary/aromatic N) is 2. The van der Waals surface area contributed by atoms with E-state index in [1.54, 1.807) is 14.2 Å². The molecule has 1 saturated carbocycles. The number of guanidine groups is 1. The minimum absolute atomic E-state index is 0.375. The van der Waals surface area contributed by atoms with Crippen molar-refractivity contribution in [2.45, 2.75) is 51.5 Å². The fourth-order valence-corrected chi connectivity index (χ4v) is 5.03. The minimum Gasteiger partial charge on any atom is -0.497 e. The second-order valence-corrected chi connectivity index (χ2v) is 9.32. The Kier molecular flexibility index (Phi) is 9.47. The van der Waals surface area contributed by atoms with Gasteiger partial charge in [0, 0.05) is 40.4 Å². The fourth-order valence-electron chi connectivity index (χ4n) is 5.03. The molecule has 0 aromatic heterocycles. The molecule has 0 atom stereocenters. The highest BCUT2D eigenvalue weighted by Gasteiger charge is 2.33. The summed E-state index contributed by atoms with van der Waals surface area (Å²) in [4.78, 5) is 7.03. The van der Waals surface area contributed by atoms with Crippen LogP contribution in [0.4, 0.5) is 0 Å². The second kappa shape index (κ2) is 12.3. The number of hydrogen-bond donors (Lipinski definition) is 2. The molecule has 6 heteroatoms. The van der Waals surface area contributed by atoms with Crippen molar-refractivity contribution in [3.05, 3.63) is 29.8 Å². The van der Waals surface area contributed by atoms with E-state index in [9.17, 15) is 0 Å². The van der Waals surface area contributed by atoms with Gasteiger partial charge in [0.25, 0.3) is 0 Å². The molecule has 2 aliphatic rings. The summed E-state index contributed by atoms with van der Waals surface area (Å²) in [7, 11) is 5.40. The molecule has 1 heterocycles. The van der Waals surface area contributed by atoms with E-state index in [0.29, 0.717) is 11.3 Å². The van der Waals surface area contributed by atoms with Gasteiger partial charge in [-0.3, -0.25) is 9.89 Å². The fraction of sp³-hybridized carbons (Fsp3) is 0.720. The summed E-state index contributed by atoms with van der Waals surface area (Å²) < 4.78 is 10.6. The number of ether oxygens (including phenoxy) is 2. The summed E-state index contributed by atoms with van der Waals surface area (Å²) in [6.45, 7) is 6.19. The van der Waals surface area contributed by atoms with Crippen molar-refractivity contribution in [2.75, 3.05) is 54.1 Å².